The predicted octanol–water partition coefficient (Wildman–Crippen LogP) is 19.3. The Morgan fingerprint density at radius 3 is 1.81 bits per heavy atom. The first-order chi connectivity index (χ1) is 54.5. The van der Waals surface area contributed by atoms with Crippen LogP contribution in [-0.4, -0.2) is 22.2 Å². The Labute approximate surface area is 611 Å². The summed E-state index contributed by atoms with van der Waals surface area (Å²) < 4.78 is 194. The van der Waals surface area contributed by atoms with Gasteiger partial charge in [-0.25, -0.2) is 4.98 Å². The molecule has 0 amide bonds. The maximum Gasteiger partial charge on any atom is 0.268 e. The molecule has 3 aromatic heterocycles. The minimum atomic E-state index is -4.58. The van der Waals surface area contributed by atoms with Crippen molar-refractivity contribution in [2.75, 3.05) is 0 Å². The number of ether oxygens (including phenoxy) is 1. The van der Waals surface area contributed by atoms with E-state index < -0.39 is 93.9 Å². The molecule has 97 heavy (non-hydrogen) atoms. The largest absolute Gasteiger partial charge is 0.510 e. The van der Waals surface area contributed by atoms with Crippen LogP contribution in [0.3, 0.4) is 0 Å². The number of hydrogen-bond donors (Lipinski definition) is 0. The minimum absolute atomic E-state index is 0. The van der Waals surface area contributed by atoms with Crippen molar-refractivity contribution in [2.45, 2.75) is 77.2 Å². The zero-order valence-corrected chi connectivity index (χ0v) is 56.2. The number of rotatable bonds is 10. The number of aromatic nitrogens is 4. The molecule has 5 nitrogen and oxygen atoms in total. The van der Waals surface area contributed by atoms with Crippen LogP contribution in [0.15, 0.2) is 285 Å². The number of para-hydroxylation sites is 2. The monoisotopic (exact) mass is 1470 g/mol. The maximum atomic E-state index is 10.8. The third-order valence-electron chi connectivity index (χ3n) is 18.9. The fourth-order valence-corrected chi connectivity index (χ4v) is 19.1. The van der Waals surface area contributed by atoms with E-state index in [1.807, 2.05) is 176 Å². The number of pyridine rings is 1. The van der Waals surface area contributed by atoms with Gasteiger partial charge in [-0.1, -0.05) is 278 Å². The van der Waals surface area contributed by atoms with Crippen LogP contribution in [0.4, 0.5) is 0 Å². The summed E-state index contributed by atoms with van der Waals surface area (Å²) in [5, 5.41) is 5.83. The summed E-state index contributed by atoms with van der Waals surface area (Å²) in [6.07, 6.45) is -3.60. The second kappa shape index (κ2) is 23.8. The molecular weight excluding hydrogens is 1380 g/mol. The summed E-state index contributed by atoms with van der Waals surface area (Å²) in [5.41, 5.74) is -3.87. The van der Waals surface area contributed by atoms with E-state index in [2.05, 4.69) is 111 Å². The molecule has 0 fully saturated rings. The average Bonchev–Trinajstić information content (AvgIpc) is 0.853. The van der Waals surface area contributed by atoms with Gasteiger partial charge < -0.3 is 13.9 Å². The molecule has 0 radical (unpaired) electrons. The molecule has 4 heterocycles. The summed E-state index contributed by atoms with van der Waals surface area (Å²) >= 11 is 0. The molecule has 0 unspecified atom stereocenters. The number of fused-ring (bicyclic) bond motifs is 11. The van der Waals surface area contributed by atoms with Crippen molar-refractivity contribution in [3.8, 4) is 84.3 Å². The van der Waals surface area contributed by atoms with Gasteiger partial charge in [0.05, 0.1) is 20.8 Å². The smallest absolute Gasteiger partial charge is 0.268 e. The Hall–Kier alpha value is -10.2. The van der Waals surface area contributed by atoms with Crippen LogP contribution in [0.5, 0.6) is 11.5 Å². The van der Waals surface area contributed by atoms with Crippen LogP contribution >= 0.6 is 0 Å². The van der Waals surface area contributed by atoms with Gasteiger partial charge in [-0.05, 0) is 157 Å². The summed E-state index contributed by atoms with van der Waals surface area (Å²) in [5.74, 6) is 1.28. The molecule has 0 saturated carbocycles. The van der Waals surface area contributed by atoms with Gasteiger partial charge in [0.15, 0.2) is 8.07 Å². The zero-order chi connectivity index (χ0) is 81.3. The molecule has 0 saturated heterocycles. The van der Waals surface area contributed by atoms with Gasteiger partial charge in [0.25, 0.3) is 6.33 Å². The SMILES string of the molecule is [2H]c1c([2H])c2c(c([2H])c1-c1cccc3c1-[n+]1[c-]n(-c4[c-]c(Oc5[c-]c6c(cc5)c5ccccc5n6-c5cc(C(C)(C)C)ccn5)ccc4)c4cc(-c5ccccc5)cc(c41)-c1ccccc1-c1ccc([Si](c4ccccc4)(c4ccccc4)c4ccccc4)cc1-3)C(C([2H])([2H])[2H])(C([2H])([2H])[2H])C([2H])([2H])C([2H])([2H])C2(C([2H])([2H])[2H])C([2H])([2H])[2H].[Pt]. The van der Waals surface area contributed by atoms with Crippen molar-refractivity contribution in [1.29, 1.82) is 0 Å². The topological polar surface area (TPSA) is 35.9 Å². The molecule has 7 heteroatoms. The Balaban J connectivity index is 0.0000101. The van der Waals surface area contributed by atoms with Crippen molar-refractivity contribution in [3.05, 3.63) is 320 Å². The van der Waals surface area contributed by atoms with Crippen LogP contribution in [0.1, 0.15) is 104 Å². The molecular formula is C90H72N4OPtSi-2. The number of imidazole rings is 1. The molecule has 0 N–H and O–H groups in total. The first-order valence-corrected chi connectivity index (χ1v) is 33.9. The zero-order valence-electron chi connectivity index (χ0n) is 71.9. The van der Waals surface area contributed by atoms with Gasteiger partial charge in [0, 0.05) is 66.2 Å². The number of benzene rings is 12. The Morgan fingerprint density at radius 1 is 0.505 bits per heavy atom. The molecule has 2 aliphatic rings. The van der Waals surface area contributed by atoms with Crippen molar-refractivity contribution in [3.63, 3.8) is 0 Å². The van der Waals surface area contributed by atoms with Gasteiger partial charge in [-0.15, -0.1) is 29.7 Å². The predicted molar refractivity (Wildman–Crippen MR) is 398 cm³/mol. The standard InChI is InChI=1S/C90H72N4OSi.Pt/c1-88(2,3)63-48-51-91-85(55-63)94-82-41-23-22-38-75(82)76-45-43-66(57-83(76)94)95-65-29-24-28-64(56-65)92-59-93-86-71(61-42-47-80-81(53-61)90(6,7)50-49-89(80,4)5)39-25-40-77(86)78-58-70(96(67-30-14-9-15-31-67,68-32-16-10-17-33-68)69-34-18-11-19-35-69)44-46-74(78)72-36-20-21-37-73(72)79-52-62(54-84(92)87(79)93)60-26-12-8-13-27-60;/h8-48,51-55,58H,49-50H2,1-7H3;/q-2;/i4D3,5D3,6D3,7D3,42D,47D,49D2,50D2,53D;. The van der Waals surface area contributed by atoms with Crippen LogP contribution in [-0.2, 0) is 37.3 Å². The Morgan fingerprint density at radius 2 is 1.11 bits per heavy atom. The third kappa shape index (κ3) is 10.3. The van der Waals surface area contributed by atoms with E-state index in [1.165, 1.54) is 6.07 Å². The first kappa shape index (κ1) is 43.8. The normalized spacial score (nSPS) is 18.2. The summed E-state index contributed by atoms with van der Waals surface area (Å²) in [6, 6.07) is 88.2. The fraction of sp³-hybridized carbons (Fsp3) is 0.133. The van der Waals surface area contributed by atoms with E-state index in [4.69, 9.17) is 17.9 Å². The summed E-state index contributed by atoms with van der Waals surface area (Å²) in [7, 11) is -3.53. The summed E-state index contributed by atoms with van der Waals surface area (Å²) in [6.45, 7) is -10.7. The van der Waals surface area contributed by atoms with Crippen molar-refractivity contribution in [2.24, 2.45) is 0 Å². The molecule has 0 bridgehead atoms. The molecule has 17 rings (SSSR count). The van der Waals surface area contributed by atoms with Crippen molar-refractivity contribution >= 4 is 61.7 Å². The van der Waals surface area contributed by atoms with Gasteiger partial charge in [-0.2, -0.15) is 18.2 Å². The molecule has 15 aromatic rings. The number of nitrogens with zero attached hydrogens (tertiary/aromatic N) is 4. The molecule has 1 aliphatic heterocycles. The minimum Gasteiger partial charge on any atom is -0.510 e. The second-order valence-electron chi connectivity index (χ2n) is 25.7. The van der Waals surface area contributed by atoms with Crippen LogP contribution in [0.25, 0.3) is 106 Å². The van der Waals surface area contributed by atoms with Crippen LogP contribution < -0.4 is 30.1 Å². The van der Waals surface area contributed by atoms with E-state index in [9.17, 15) is 17.8 Å². The van der Waals surface area contributed by atoms with Crippen LogP contribution in [0, 0.1) is 18.5 Å². The molecule has 0 atom stereocenters. The van der Waals surface area contributed by atoms with E-state index in [-0.39, 0.29) is 43.5 Å². The quantitative estimate of drug-likeness (QED) is 0.0592. The van der Waals surface area contributed by atoms with Gasteiger partial charge in [0.1, 0.15) is 5.82 Å². The fourth-order valence-electron chi connectivity index (χ4n) is 14.4. The Kier molecular flexibility index (Phi) is 10.8. The number of hydrogen-bond acceptors (Lipinski definition) is 2. The Bertz CT molecular complexity index is 6310. The van der Waals surface area contributed by atoms with Crippen molar-refractivity contribution in [1.82, 2.24) is 14.1 Å². The average molecular weight is 1470 g/mol. The van der Waals surface area contributed by atoms with Gasteiger partial charge >= 0.3 is 0 Å². The van der Waals surface area contributed by atoms with E-state index in [0.717, 1.165) is 59.3 Å². The second-order valence-corrected chi connectivity index (χ2v) is 29.5. The van der Waals surface area contributed by atoms with E-state index >= 15 is 0 Å². The third-order valence-corrected chi connectivity index (χ3v) is 23.6. The molecule has 1 aliphatic carbocycles. The molecule has 12 aromatic carbocycles. The van der Waals surface area contributed by atoms with E-state index in [1.54, 1.807) is 27.3 Å². The van der Waals surface area contributed by atoms with Gasteiger partial charge in [-0.3, -0.25) is 4.57 Å². The molecule has 474 valence electrons. The maximum absolute atomic E-state index is 10.8. The van der Waals surface area contributed by atoms with E-state index in [0.29, 0.717) is 61.6 Å². The first-order valence-electron chi connectivity index (χ1n) is 41.4. The summed E-state index contributed by atoms with van der Waals surface area (Å²) in [4.78, 5) is 4.89. The van der Waals surface area contributed by atoms with Crippen molar-refractivity contribution < 1.29 is 56.4 Å². The van der Waals surface area contributed by atoms with Gasteiger partial charge in [0.2, 0.25) is 0 Å². The van der Waals surface area contributed by atoms with Crippen LogP contribution in [0.2, 0.25) is 0 Å². The molecule has 0 spiro atoms.